The molecule has 0 aliphatic carbocycles. The molecule has 24 heavy (non-hydrogen) atoms. The summed E-state index contributed by atoms with van der Waals surface area (Å²) in [5, 5.41) is 2.51. The number of carbonyl (C=O) groups excluding carboxylic acids is 1. The first-order chi connectivity index (χ1) is 11.4. The van der Waals surface area contributed by atoms with Gasteiger partial charge in [-0.25, -0.2) is 13.4 Å². The van der Waals surface area contributed by atoms with Crippen LogP contribution in [0.4, 0.5) is 5.82 Å². The van der Waals surface area contributed by atoms with Gasteiger partial charge in [0.1, 0.15) is 11.6 Å². The van der Waals surface area contributed by atoms with Crippen LogP contribution in [0, 0.1) is 6.92 Å². The number of benzene rings is 1. The van der Waals surface area contributed by atoms with Crippen molar-refractivity contribution in [3.8, 4) is 5.75 Å². The highest BCUT2D eigenvalue weighted by molar-refractivity contribution is 7.92. The number of ether oxygens (including phenoxy) is 1. The van der Waals surface area contributed by atoms with E-state index in [2.05, 4.69) is 15.0 Å². The lowest BCUT2D eigenvalue weighted by molar-refractivity contribution is -0.122. The number of aryl methyl sites for hydroxylation is 1. The lowest BCUT2D eigenvalue weighted by Gasteiger charge is -2.09. The molecule has 2 N–H and O–H groups in total. The molecule has 1 heterocycles. The molecule has 0 unspecified atom stereocenters. The van der Waals surface area contributed by atoms with E-state index in [1.807, 2.05) is 25.1 Å². The van der Waals surface area contributed by atoms with Gasteiger partial charge in [0.15, 0.2) is 6.61 Å². The van der Waals surface area contributed by atoms with Gasteiger partial charge in [0.2, 0.25) is 10.0 Å². The quantitative estimate of drug-likeness (QED) is 0.749. The zero-order valence-electron chi connectivity index (χ0n) is 13.2. The van der Waals surface area contributed by atoms with Crippen LogP contribution in [0.5, 0.6) is 5.75 Å². The molecule has 0 saturated carbocycles. The molecule has 1 aromatic carbocycles. The number of carbonyl (C=O) groups is 1. The van der Waals surface area contributed by atoms with Crippen molar-refractivity contribution in [2.45, 2.75) is 6.92 Å². The number of anilines is 1. The Morgan fingerprint density at radius 1 is 1.21 bits per heavy atom. The van der Waals surface area contributed by atoms with Crippen LogP contribution in [0.3, 0.4) is 0 Å². The lowest BCUT2D eigenvalue weighted by atomic mass is 10.2. The second-order valence-corrected chi connectivity index (χ2v) is 6.93. The fourth-order valence-electron chi connectivity index (χ4n) is 1.86. The number of hydrogen-bond acceptors (Lipinski definition) is 5. The Morgan fingerprint density at radius 3 is 2.75 bits per heavy atom. The Morgan fingerprint density at radius 2 is 2.04 bits per heavy atom. The highest BCUT2D eigenvalue weighted by Crippen LogP contribution is 2.11. The number of aromatic nitrogens is 1. The topological polar surface area (TPSA) is 97.4 Å². The van der Waals surface area contributed by atoms with E-state index in [4.69, 9.17) is 4.74 Å². The maximum Gasteiger partial charge on any atom is 0.257 e. The maximum atomic E-state index is 11.9. The summed E-state index contributed by atoms with van der Waals surface area (Å²) in [5.41, 5.74) is 1.03. The zero-order chi connectivity index (χ0) is 17.4. The summed E-state index contributed by atoms with van der Waals surface area (Å²) >= 11 is 0. The van der Waals surface area contributed by atoms with Crippen LogP contribution in [0.15, 0.2) is 48.7 Å². The fourth-order valence-corrected chi connectivity index (χ4v) is 2.78. The predicted molar refractivity (Wildman–Crippen MR) is 91.3 cm³/mol. The second kappa shape index (κ2) is 8.30. The maximum absolute atomic E-state index is 11.9. The first-order valence-electron chi connectivity index (χ1n) is 7.32. The number of nitrogens with zero attached hydrogens (tertiary/aromatic N) is 1. The van der Waals surface area contributed by atoms with E-state index in [1.165, 1.54) is 6.20 Å². The summed E-state index contributed by atoms with van der Waals surface area (Å²) in [7, 11) is -3.57. The smallest absolute Gasteiger partial charge is 0.257 e. The van der Waals surface area contributed by atoms with Crippen molar-refractivity contribution in [3.63, 3.8) is 0 Å². The molecule has 0 fully saturated rings. The summed E-state index contributed by atoms with van der Waals surface area (Å²) in [4.78, 5) is 15.6. The Hall–Kier alpha value is -2.61. The number of pyridine rings is 1. The van der Waals surface area contributed by atoms with Crippen LogP contribution in [0.1, 0.15) is 5.56 Å². The van der Waals surface area contributed by atoms with Crippen LogP contribution < -0.4 is 14.8 Å². The van der Waals surface area contributed by atoms with Gasteiger partial charge >= 0.3 is 0 Å². The highest BCUT2D eigenvalue weighted by Gasteiger charge is 2.12. The van der Waals surface area contributed by atoms with Gasteiger partial charge in [-0.05, 0) is 36.8 Å². The average Bonchev–Trinajstić information content (AvgIpc) is 2.53. The molecule has 0 bridgehead atoms. The third-order valence-electron chi connectivity index (χ3n) is 2.98. The average molecular weight is 349 g/mol. The number of amides is 1. The number of rotatable bonds is 8. The van der Waals surface area contributed by atoms with E-state index in [0.29, 0.717) is 5.75 Å². The van der Waals surface area contributed by atoms with Crippen LogP contribution in [0.2, 0.25) is 0 Å². The third kappa shape index (κ3) is 6.25. The standard InChI is InChI=1S/C16H19N3O4S/c1-13-5-4-6-14(11-13)23-12-16(20)18-9-10-24(21,22)19-15-7-2-3-8-17-15/h2-8,11H,9-10,12H2,1H3,(H,17,19)(H,18,20). The summed E-state index contributed by atoms with van der Waals surface area (Å²) < 4.78 is 31.4. The van der Waals surface area contributed by atoms with Crippen molar-refractivity contribution in [1.29, 1.82) is 0 Å². The van der Waals surface area contributed by atoms with Gasteiger partial charge in [0, 0.05) is 12.7 Å². The van der Waals surface area contributed by atoms with Crippen molar-refractivity contribution in [2.24, 2.45) is 0 Å². The molecule has 0 radical (unpaired) electrons. The van der Waals surface area contributed by atoms with Gasteiger partial charge in [-0.3, -0.25) is 9.52 Å². The summed E-state index contributed by atoms with van der Waals surface area (Å²) in [6.45, 7) is 1.74. The Kier molecular flexibility index (Phi) is 6.14. The van der Waals surface area contributed by atoms with Crippen LogP contribution >= 0.6 is 0 Å². The molecular weight excluding hydrogens is 330 g/mol. The Balaban J connectivity index is 1.72. The van der Waals surface area contributed by atoms with Crippen molar-refractivity contribution in [2.75, 3.05) is 23.6 Å². The Labute approximate surface area is 141 Å². The number of sulfonamides is 1. The van der Waals surface area contributed by atoms with Crippen LogP contribution in [-0.4, -0.2) is 38.2 Å². The van der Waals surface area contributed by atoms with Crippen molar-refractivity contribution < 1.29 is 17.9 Å². The van der Waals surface area contributed by atoms with Crippen LogP contribution in [-0.2, 0) is 14.8 Å². The van der Waals surface area contributed by atoms with Gasteiger partial charge in [-0.1, -0.05) is 18.2 Å². The molecule has 0 spiro atoms. The van der Waals surface area contributed by atoms with Gasteiger partial charge in [-0.15, -0.1) is 0 Å². The summed E-state index contributed by atoms with van der Waals surface area (Å²) in [6.07, 6.45) is 1.49. The third-order valence-corrected chi connectivity index (χ3v) is 4.24. The van der Waals surface area contributed by atoms with Gasteiger partial charge in [0.25, 0.3) is 5.91 Å². The fraction of sp³-hybridized carbons (Fsp3) is 0.250. The van der Waals surface area contributed by atoms with Gasteiger partial charge < -0.3 is 10.1 Å². The molecule has 0 saturated heterocycles. The molecular formula is C16H19N3O4S. The largest absolute Gasteiger partial charge is 0.484 e. The molecule has 2 rings (SSSR count). The van der Waals surface area contributed by atoms with Crippen LogP contribution in [0.25, 0.3) is 0 Å². The van der Waals surface area contributed by atoms with Gasteiger partial charge in [-0.2, -0.15) is 0 Å². The number of nitrogens with one attached hydrogen (secondary N) is 2. The molecule has 0 atom stereocenters. The molecule has 7 nitrogen and oxygen atoms in total. The SMILES string of the molecule is Cc1cccc(OCC(=O)NCCS(=O)(=O)Nc2ccccn2)c1. The number of hydrogen-bond donors (Lipinski definition) is 2. The lowest BCUT2D eigenvalue weighted by Crippen LogP contribution is -2.34. The molecule has 8 heteroatoms. The van der Waals surface area contributed by atoms with Gasteiger partial charge in [0.05, 0.1) is 5.75 Å². The molecule has 2 aromatic rings. The first-order valence-corrected chi connectivity index (χ1v) is 8.97. The molecule has 0 aliphatic heterocycles. The van der Waals surface area contributed by atoms with E-state index in [1.54, 1.807) is 24.3 Å². The predicted octanol–water partition coefficient (Wildman–Crippen LogP) is 1.33. The minimum absolute atomic E-state index is 0.0157. The molecule has 0 aliphatic rings. The normalized spacial score (nSPS) is 10.9. The van der Waals surface area contributed by atoms with E-state index < -0.39 is 10.0 Å². The minimum atomic E-state index is -3.57. The minimum Gasteiger partial charge on any atom is -0.484 e. The molecule has 1 aromatic heterocycles. The van der Waals surface area contributed by atoms with E-state index in [0.717, 1.165) is 5.56 Å². The van der Waals surface area contributed by atoms with E-state index in [-0.39, 0.29) is 30.6 Å². The Bertz CT molecular complexity index is 779. The van der Waals surface area contributed by atoms with Crippen molar-refractivity contribution >= 4 is 21.7 Å². The highest BCUT2D eigenvalue weighted by atomic mass is 32.2. The van der Waals surface area contributed by atoms with E-state index in [9.17, 15) is 13.2 Å². The zero-order valence-corrected chi connectivity index (χ0v) is 14.0. The summed E-state index contributed by atoms with van der Waals surface area (Å²) in [5.74, 6) is 0.200. The molecule has 128 valence electrons. The molecule has 1 amide bonds. The first kappa shape index (κ1) is 17.7. The van der Waals surface area contributed by atoms with E-state index >= 15 is 0 Å². The van der Waals surface area contributed by atoms with Crippen molar-refractivity contribution in [3.05, 3.63) is 54.2 Å². The monoisotopic (exact) mass is 349 g/mol. The second-order valence-electron chi connectivity index (χ2n) is 5.09. The van der Waals surface area contributed by atoms with Crippen molar-refractivity contribution in [1.82, 2.24) is 10.3 Å². The summed E-state index contributed by atoms with van der Waals surface area (Å²) in [6, 6.07) is 12.2.